The summed E-state index contributed by atoms with van der Waals surface area (Å²) in [6.45, 7) is 5.27. The van der Waals surface area contributed by atoms with Gasteiger partial charge in [-0.15, -0.1) is 0 Å². The molecule has 0 aromatic heterocycles. The van der Waals surface area contributed by atoms with Gasteiger partial charge in [-0.3, -0.25) is 9.69 Å². The van der Waals surface area contributed by atoms with Crippen molar-refractivity contribution in [2.75, 3.05) is 13.1 Å². The Bertz CT molecular complexity index is 753. The third-order valence-corrected chi connectivity index (χ3v) is 5.54. The predicted molar refractivity (Wildman–Crippen MR) is 107 cm³/mol. The van der Waals surface area contributed by atoms with Crippen molar-refractivity contribution in [1.82, 2.24) is 10.2 Å². The molecule has 1 aliphatic rings. The number of carbonyl (C=O) groups is 1. The molecule has 0 saturated carbocycles. The molecule has 0 atom stereocenters. The molecule has 1 N–H and O–H groups in total. The molecule has 2 aromatic carbocycles. The Morgan fingerprint density at radius 3 is 2.46 bits per heavy atom. The van der Waals surface area contributed by atoms with Gasteiger partial charge < -0.3 is 5.32 Å². The van der Waals surface area contributed by atoms with Crippen molar-refractivity contribution < 1.29 is 4.79 Å². The molecule has 0 unspecified atom stereocenters. The van der Waals surface area contributed by atoms with E-state index >= 15 is 0 Å². The summed E-state index contributed by atoms with van der Waals surface area (Å²) in [7, 11) is 0. The van der Waals surface area contributed by atoms with Crippen molar-refractivity contribution in [3.63, 3.8) is 0 Å². The number of likely N-dealkylation sites (tertiary alicyclic amines) is 1. The van der Waals surface area contributed by atoms with Gasteiger partial charge in [-0.25, -0.2) is 0 Å². The van der Waals surface area contributed by atoms with Crippen LogP contribution in [0.1, 0.15) is 29.5 Å². The number of benzene rings is 2. The summed E-state index contributed by atoms with van der Waals surface area (Å²) in [5, 5.41) is 4.43. The molecule has 5 heteroatoms. The molecule has 0 aliphatic carbocycles. The lowest BCUT2D eigenvalue weighted by molar-refractivity contribution is -0.126. The van der Waals surface area contributed by atoms with E-state index in [1.807, 2.05) is 12.1 Å². The molecule has 2 aromatic rings. The first-order valence-corrected chi connectivity index (χ1v) is 9.76. The van der Waals surface area contributed by atoms with Gasteiger partial charge in [0.05, 0.1) is 0 Å². The highest BCUT2D eigenvalue weighted by Gasteiger charge is 2.25. The number of carbonyl (C=O) groups excluding carboxylic acids is 1. The van der Waals surface area contributed by atoms with Gasteiger partial charge in [-0.2, -0.15) is 0 Å². The van der Waals surface area contributed by atoms with Crippen molar-refractivity contribution in [3.05, 3.63) is 69.2 Å². The van der Waals surface area contributed by atoms with E-state index in [0.29, 0.717) is 16.6 Å². The fraction of sp³-hybridized carbons (Fsp3) is 0.381. The molecule has 3 rings (SSSR count). The standard InChI is InChI=1S/C21H24Cl2N2O/c1-15-2-4-16(5-3-15)13-24-21(26)17-8-10-25(11-9-17)14-18-6-7-19(22)12-20(18)23/h2-7,12,17H,8-11,13-14H2,1H3,(H,24,26). The number of aryl methyl sites for hydroxylation is 1. The summed E-state index contributed by atoms with van der Waals surface area (Å²) >= 11 is 12.2. The smallest absolute Gasteiger partial charge is 0.223 e. The highest BCUT2D eigenvalue weighted by Crippen LogP contribution is 2.25. The van der Waals surface area contributed by atoms with Gasteiger partial charge in [0.15, 0.2) is 0 Å². The van der Waals surface area contributed by atoms with E-state index in [-0.39, 0.29) is 11.8 Å². The molecule has 1 aliphatic heterocycles. The predicted octanol–water partition coefficient (Wildman–Crippen LogP) is 4.83. The number of rotatable bonds is 5. The second kappa shape index (κ2) is 8.90. The number of nitrogens with zero attached hydrogens (tertiary/aromatic N) is 1. The van der Waals surface area contributed by atoms with Crippen LogP contribution >= 0.6 is 23.2 Å². The molecule has 3 nitrogen and oxygen atoms in total. The van der Waals surface area contributed by atoms with Crippen molar-refractivity contribution >= 4 is 29.1 Å². The zero-order valence-electron chi connectivity index (χ0n) is 15.0. The van der Waals surface area contributed by atoms with E-state index in [0.717, 1.165) is 43.6 Å². The Labute approximate surface area is 165 Å². The topological polar surface area (TPSA) is 32.3 Å². The van der Waals surface area contributed by atoms with E-state index in [1.165, 1.54) is 5.56 Å². The number of hydrogen-bond donors (Lipinski definition) is 1. The average Bonchev–Trinajstić information content (AvgIpc) is 2.64. The number of nitrogens with one attached hydrogen (secondary N) is 1. The molecule has 1 saturated heterocycles. The molecule has 1 amide bonds. The quantitative estimate of drug-likeness (QED) is 0.792. The van der Waals surface area contributed by atoms with Crippen LogP contribution in [-0.2, 0) is 17.9 Å². The lowest BCUT2D eigenvalue weighted by Crippen LogP contribution is -2.40. The second-order valence-corrected chi connectivity index (χ2v) is 7.83. The lowest BCUT2D eigenvalue weighted by atomic mass is 9.95. The molecule has 138 valence electrons. The van der Waals surface area contributed by atoms with Gasteiger partial charge in [0.1, 0.15) is 0 Å². The number of amides is 1. The number of halogens is 2. The maximum absolute atomic E-state index is 12.4. The summed E-state index contributed by atoms with van der Waals surface area (Å²) in [4.78, 5) is 14.8. The zero-order valence-corrected chi connectivity index (χ0v) is 16.5. The van der Waals surface area contributed by atoms with Gasteiger partial charge in [0, 0.05) is 29.1 Å². The van der Waals surface area contributed by atoms with E-state index in [2.05, 4.69) is 41.4 Å². The minimum Gasteiger partial charge on any atom is -0.352 e. The molecule has 1 heterocycles. The van der Waals surface area contributed by atoms with Gasteiger partial charge in [0.2, 0.25) is 5.91 Å². The minimum absolute atomic E-state index is 0.0948. The second-order valence-electron chi connectivity index (χ2n) is 6.99. The monoisotopic (exact) mass is 390 g/mol. The van der Waals surface area contributed by atoms with Crippen molar-refractivity contribution in [2.24, 2.45) is 5.92 Å². The van der Waals surface area contributed by atoms with Gasteiger partial charge in [0.25, 0.3) is 0 Å². The average molecular weight is 391 g/mol. The van der Waals surface area contributed by atoms with E-state index < -0.39 is 0 Å². The highest BCUT2D eigenvalue weighted by atomic mass is 35.5. The Balaban J connectivity index is 1.45. The van der Waals surface area contributed by atoms with Crippen LogP contribution in [0.3, 0.4) is 0 Å². The van der Waals surface area contributed by atoms with Crippen LogP contribution < -0.4 is 5.32 Å². The molecule has 0 spiro atoms. The molecule has 26 heavy (non-hydrogen) atoms. The van der Waals surface area contributed by atoms with Crippen LogP contribution in [-0.4, -0.2) is 23.9 Å². The minimum atomic E-state index is 0.0948. The van der Waals surface area contributed by atoms with E-state index in [9.17, 15) is 4.79 Å². The Kier molecular flexibility index (Phi) is 6.58. The van der Waals surface area contributed by atoms with Gasteiger partial charge in [-0.05, 0) is 56.1 Å². The zero-order chi connectivity index (χ0) is 18.5. The Morgan fingerprint density at radius 1 is 1.12 bits per heavy atom. The first-order valence-electron chi connectivity index (χ1n) is 9.01. The molecule has 0 bridgehead atoms. The van der Waals surface area contributed by atoms with E-state index in [1.54, 1.807) is 6.07 Å². The summed E-state index contributed by atoms with van der Waals surface area (Å²) in [5.74, 6) is 0.257. The fourth-order valence-electron chi connectivity index (χ4n) is 3.28. The normalized spacial score (nSPS) is 15.8. The highest BCUT2D eigenvalue weighted by molar-refractivity contribution is 6.35. The lowest BCUT2D eigenvalue weighted by Gasteiger charge is -2.31. The molecule has 0 radical (unpaired) electrons. The molecular weight excluding hydrogens is 367 g/mol. The van der Waals surface area contributed by atoms with Crippen molar-refractivity contribution in [3.8, 4) is 0 Å². The third kappa shape index (κ3) is 5.23. The Hall–Kier alpha value is -1.55. The Morgan fingerprint density at radius 2 is 1.81 bits per heavy atom. The van der Waals surface area contributed by atoms with Crippen LogP contribution in [0, 0.1) is 12.8 Å². The van der Waals surface area contributed by atoms with Crippen LogP contribution in [0.25, 0.3) is 0 Å². The van der Waals surface area contributed by atoms with Gasteiger partial charge in [-0.1, -0.05) is 59.1 Å². The third-order valence-electron chi connectivity index (χ3n) is 4.95. The summed E-state index contributed by atoms with van der Waals surface area (Å²) in [6, 6.07) is 13.9. The molecular formula is C21H24Cl2N2O. The molecule has 1 fully saturated rings. The number of hydrogen-bond acceptors (Lipinski definition) is 2. The fourth-order valence-corrected chi connectivity index (χ4v) is 3.75. The summed E-state index contributed by atoms with van der Waals surface area (Å²) in [5.41, 5.74) is 3.45. The first-order chi connectivity index (χ1) is 12.5. The van der Waals surface area contributed by atoms with Gasteiger partial charge >= 0.3 is 0 Å². The largest absolute Gasteiger partial charge is 0.352 e. The maximum Gasteiger partial charge on any atom is 0.223 e. The first kappa shape index (κ1) is 19.2. The SMILES string of the molecule is Cc1ccc(CNC(=O)C2CCN(Cc3ccc(Cl)cc3Cl)CC2)cc1. The van der Waals surface area contributed by atoms with E-state index in [4.69, 9.17) is 23.2 Å². The number of piperidine rings is 1. The van der Waals surface area contributed by atoms with Crippen molar-refractivity contribution in [2.45, 2.75) is 32.9 Å². The summed E-state index contributed by atoms with van der Waals surface area (Å²) in [6.07, 6.45) is 1.76. The summed E-state index contributed by atoms with van der Waals surface area (Å²) < 4.78 is 0. The van der Waals surface area contributed by atoms with Crippen molar-refractivity contribution in [1.29, 1.82) is 0 Å². The van der Waals surface area contributed by atoms with Crippen LogP contribution in [0.2, 0.25) is 10.0 Å². The van der Waals surface area contributed by atoms with Crippen LogP contribution in [0.4, 0.5) is 0 Å². The van der Waals surface area contributed by atoms with Crippen LogP contribution in [0.5, 0.6) is 0 Å². The maximum atomic E-state index is 12.4. The van der Waals surface area contributed by atoms with Crippen LogP contribution in [0.15, 0.2) is 42.5 Å².